The van der Waals surface area contributed by atoms with Gasteiger partial charge in [-0.2, -0.15) is 5.10 Å². The van der Waals surface area contributed by atoms with Gasteiger partial charge >= 0.3 is 0 Å². The smallest absolute Gasteiger partial charge is 0.271 e. The average molecular weight is 309 g/mol. The molecule has 2 unspecified atom stereocenters. The molecule has 1 aliphatic heterocycles. The average Bonchev–Trinajstić information content (AvgIpc) is 3.04. The first-order chi connectivity index (χ1) is 11.2. The number of carbonyl (C=O) groups is 1. The van der Waals surface area contributed by atoms with Crippen molar-refractivity contribution in [2.45, 2.75) is 32.6 Å². The third-order valence-corrected chi connectivity index (χ3v) is 5.29. The lowest BCUT2D eigenvalue weighted by atomic mass is 9.78. The standard InChI is InChI=1S/C19H23N3O/c1-13-5-7-16(8-6-13)17-10-18(21-20-17)19(23)22-11-14-3-2-4-15(9-14)12-22/h5-8,10,14-15H,2-4,9,11-12H2,1H3,(H,20,21). The van der Waals surface area contributed by atoms with Crippen molar-refractivity contribution in [2.24, 2.45) is 11.8 Å². The van der Waals surface area contributed by atoms with E-state index >= 15 is 0 Å². The van der Waals surface area contributed by atoms with Gasteiger partial charge in [-0.1, -0.05) is 36.2 Å². The van der Waals surface area contributed by atoms with Crippen LogP contribution < -0.4 is 0 Å². The van der Waals surface area contributed by atoms with Crippen molar-refractivity contribution in [3.63, 3.8) is 0 Å². The molecule has 4 heteroatoms. The Hall–Kier alpha value is -2.10. The molecule has 2 bridgehead atoms. The van der Waals surface area contributed by atoms with Crippen LogP contribution in [0.5, 0.6) is 0 Å². The minimum atomic E-state index is 0.104. The summed E-state index contributed by atoms with van der Waals surface area (Å²) >= 11 is 0. The van der Waals surface area contributed by atoms with Crippen LogP contribution in [0, 0.1) is 18.8 Å². The van der Waals surface area contributed by atoms with E-state index in [1.165, 1.54) is 31.2 Å². The van der Waals surface area contributed by atoms with Gasteiger partial charge in [0, 0.05) is 18.7 Å². The molecule has 2 atom stereocenters. The number of aryl methyl sites for hydroxylation is 1. The van der Waals surface area contributed by atoms with Crippen LogP contribution in [0.15, 0.2) is 30.3 Å². The topological polar surface area (TPSA) is 49.0 Å². The van der Waals surface area contributed by atoms with Crippen molar-refractivity contribution in [3.8, 4) is 11.3 Å². The summed E-state index contributed by atoms with van der Waals surface area (Å²) in [5.74, 6) is 1.50. The summed E-state index contributed by atoms with van der Waals surface area (Å²) in [7, 11) is 0. The van der Waals surface area contributed by atoms with Crippen LogP contribution in [-0.4, -0.2) is 34.1 Å². The van der Waals surface area contributed by atoms with E-state index in [-0.39, 0.29) is 5.91 Å². The van der Waals surface area contributed by atoms with E-state index in [0.717, 1.165) is 24.3 Å². The number of amides is 1. The Bertz CT molecular complexity index is 692. The van der Waals surface area contributed by atoms with Gasteiger partial charge in [0.15, 0.2) is 0 Å². The van der Waals surface area contributed by atoms with E-state index in [4.69, 9.17) is 0 Å². The van der Waals surface area contributed by atoms with E-state index in [2.05, 4.69) is 29.3 Å². The number of rotatable bonds is 2. The zero-order valence-electron chi connectivity index (χ0n) is 13.6. The van der Waals surface area contributed by atoms with Crippen molar-refractivity contribution in [1.29, 1.82) is 0 Å². The van der Waals surface area contributed by atoms with Crippen molar-refractivity contribution < 1.29 is 4.79 Å². The van der Waals surface area contributed by atoms with Crippen LogP contribution in [0.2, 0.25) is 0 Å². The van der Waals surface area contributed by atoms with Crippen LogP contribution in [0.3, 0.4) is 0 Å². The number of nitrogens with zero attached hydrogens (tertiary/aromatic N) is 2. The minimum absolute atomic E-state index is 0.104. The minimum Gasteiger partial charge on any atom is -0.337 e. The fourth-order valence-corrected chi connectivity index (χ4v) is 4.07. The molecule has 1 saturated heterocycles. The lowest BCUT2D eigenvalue weighted by Crippen LogP contribution is -2.45. The zero-order chi connectivity index (χ0) is 15.8. The van der Waals surface area contributed by atoms with E-state index in [1.807, 2.05) is 23.1 Å². The predicted molar refractivity (Wildman–Crippen MR) is 90.1 cm³/mol. The largest absolute Gasteiger partial charge is 0.337 e. The van der Waals surface area contributed by atoms with Crippen LogP contribution in [0.4, 0.5) is 0 Å². The maximum atomic E-state index is 12.8. The molecule has 4 nitrogen and oxygen atoms in total. The SMILES string of the molecule is Cc1ccc(-c2cc(C(=O)N3CC4CCCC(C4)C3)[nH]n2)cc1. The second-order valence-corrected chi connectivity index (χ2v) is 7.14. The molecule has 120 valence electrons. The van der Waals surface area contributed by atoms with Gasteiger partial charge in [-0.05, 0) is 44.1 Å². The molecule has 1 saturated carbocycles. The molecular weight excluding hydrogens is 286 g/mol. The predicted octanol–water partition coefficient (Wildman–Crippen LogP) is 3.65. The van der Waals surface area contributed by atoms with Gasteiger partial charge < -0.3 is 4.90 Å². The molecule has 2 heterocycles. The van der Waals surface area contributed by atoms with Crippen LogP contribution in [0.25, 0.3) is 11.3 Å². The van der Waals surface area contributed by atoms with E-state index in [0.29, 0.717) is 17.5 Å². The number of benzene rings is 1. The molecule has 1 aromatic carbocycles. The highest BCUT2D eigenvalue weighted by Gasteiger charge is 2.33. The molecule has 0 radical (unpaired) electrons. The number of likely N-dealkylation sites (tertiary alicyclic amines) is 1. The first-order valence-electron chi connectivity index (χ1n) is 8.61. The number of nitrogens with one attached hydrogen (secondary N) is 1. The van der Waals surface area contributed by atoms with Gasteiger partial charge in [-0.25, -0.2) is 0 Å². The molecule has 2 aromatic rings. The fourth-order valence-electron chi connectivity index (χ4n) is 4.07. The maximum absolute atomic E-state index is 12.8. The summed E-state index contributed by atoms with van der Waals surface area (Å²) in [6.07, 6.45) is 5.19. The monoisotopic (exact) mass is 309 g/mol. The molecule has 1 aliphatic carbocycles. The number of piperidine rings is 1. The van der Waals surface area contributed by atoms with Crippen LogP contribution in [-0.2, 0) is 0 Å². The first kappa shape index (κ1) is 14.5. The first-order valence-corrected chi connectivity index (χ1v) is 8.61. The second kappa shape index (κ2) is 5.84. The Morgan fingerprint density at radius 2 is 1.87 bits per heavy atom. The number of aromatic nitrogens is 2. The molecule has 1 amide bonds. The Labute approximate surface area is 136 Å². The maximum Gasteiger partial charge on any atom is 0.271 e. The van der Waals surface area contributed by atoms with Crippen molar-refractivity contribution in [2.75, 3.05) is 13.1 Å². The van der Waals surface area contributed by atoms with Crippen molar-refractivity contribution in [1.82, 2.24) is 15.1 Å². The highest BCUT2D eigenvalue weighted by Crippen LogP contribution is 2.34. The molecule has 2 fully saturated rings. The Morgan fingerprint density at radius 3 is 2.57 bits per heavy atom. The van der Waals surface area contributed by atoms with Crippen molar-refractivity contribution >= 4 is 5.91 Å². The van der Waals surface area contributed by atoms with Gasteiger partial charge in [0.2, 0.25) is 0 Å². The number of aromatic amines is 1. The molecule has 23 heavy (non-hydrogen) atoms. The fraction of sp³-hybridized carbons (Fsp3) is 0.474. The Kier molecular flexibility index (Phi) is 3.68. The van der Waals surface area contributed by atoms with Crippen molar-refractivity contribution in [3.05, 3.63) is 41.6 Å². The Balaban J connectivity index is 1.52. The number of fused-ring (bicyclic) bond motifs is 2. The summed E-state index contributed by atoms with van der Waals surface area (Å²) in [6.45, 7) is 3.89. The Morgan fingerprint density at radius 1 is 1.17 bits per heavy atom. The van der Waals surface area contributed by atoms with Crippen LogP contribution >= 0.6 is 0 Å². The molecular formula is C19H23N3O. The van der Waals surface area contributed by atoms with E-state index < -0.39 is 0 Å². The van der Waals surface area contributed by atoms with Gasteiger partial charge in [0.05, 0.1) is 5.69 Å². The molecule has 0 spiro atoms. The lowest BCUT2D eigenvalue weighted by molar-refractivity contribution is 0.0499. The number of carbonyl (C=O) groups excluding carboxylic acids is 1. The summed E-state index contributed by atoms with van der Waals surface area (Å²) in [4.78, 5) is 14.8. The molecule has 1 aromatic heterocycles. The molecule has 1 N–H and O–H groups in total. The lowest BCUT2D eigenvalue weighted by Gasteiger charge is -2.41. The third kappa shape index (κ3) is 2.90. The van der Waals surface area contributed by atoms with Gasteiger partial charge in [0.25, 0.3) is 5.91 Å². The number of H-pyrrole nitrogens is 1. The quantitative estimate of drug-likeness (QED) is 0.920. The van der Waals surface area contributed by atoms with Gasteiger partial charge in [-0.3, -0.25) is 9.89 Å². The van der Waals surface area contributed by atoms with Crippen LogP contribution in [0.1, 0.15) is 41.7 Å². The third-order valence-electron chi connectivity index (χ3n) is 5.29. The summed E-state index contributed by atoms with van der Waals surface area (Å²) in [5.41, 5.74) is 3.72. The van der Waals surface area contributed by atoms with E-state index in [1.54, 1.807) is 0 Å². The number of hydrogen-bond acceptors (Lipinski definition) is 2. The normalized spacial score (nSPS) is 23.8. The van der Waals surface area contributed by atoms with E-state index in [9.17, 15) is 4.79 Å². The summed E-state index contributed by atoms with van der Waals surface area (Å²) in [6, 6.07) is 10.1. The summed E-state index contributed by atoms with van der Waals surface area (Å²) in [5, 5.41) is 7.27. The highest BCUT2D eigenvalue weighted by molar-refractivity contribution is 5.93. The molecule has 4 rings (SSSR count). The molecule has 2 aliphatic rings. The van der Waals surface area contributed by atoms with Gasteiger partial charge in [0.1, 0.15) is 5.69 Å². The highest BCUT2D eigenvalue weighted by atomic mass is 16.2. The second-order valence-electron chi connectivity index (χ2n) is 7.14. The van der Waals surface area contributed by atoms with Gasteiger partial charge in [-0.15, -0.1) is 0 Å². The zero-order valence-corrected chi connectivity index (χ0v) is 13.6. The number of hydrogen-bond donors (Lipinski definition) is 1. The summed E-state index contributed by atoms with van der Waals surface area (Å²) < 4.78 is 0.